The Kier molecular flexibility index (Phi) is 4.46. The van der Waals surface area contributed by atoms with Gasteiger partial charge in [0.2, 0.25) is 10.0 Å². The van der Waals surface area contributed by atoms with Gasteiger partial charge in [0.1, 0.15) is 10.7 Å². The van der Waals surface area contributed by atoms with Crippen molar-refractivity contribution in [1.29, 1.82) is 0 Å². The summed E-state index contributed by atoms with van der Waals surface area (Å²) in [4.78, 5) is -0.283. The molecular formula is C14H20FNO3S. The van der Waals surface area contributed by atoms with E-state index in [1.807, 2.05) is 0 Å². The van der Waals surface area contributed by atoms with Crippen LogP contribution >= 0.6 is 0 Å². The Balaban J connectivity index is 2.30. The maximum absolute atomic E-state index is 13.9. The fraction of sp³-hybridized carbons (Fsp3) is 0.571. The third kappa shape index (κ3) is 3.02. The first-order valence-corrected chi connectivity index (χ1v) is 8.20. The number of hydrogen-bond acceptors (Lipinski definition) is 3. The molecule has 112 valence electrons. The average molecular weight is 301 g/mol. The Morgan fingerprint density at radius 2 is 2.15 bits per heavy atom. The topological polar surface area (TPSA) is 57.6 Å². The second kappa shape index (κ2) is 5.79. The van der Waals surface area contributed by atoms with Gasteiger partial charge in [0.25, 0.3) is 0 Å². The molecule has 0 aliphatic carbocycles. The Bertz CT molecular complexity index is 586. The number of aryl methyl sites for hydroxylation is 1. The third-order valence-electron chi connectivity index (χ3n) is 3.81. The molecule has 1 fully saturated rings. The summed E-state index contributed by atoms with van der Waals surface area (Å²) in [6.07, 6.45) is 0.915. The lowest BCUT2D eigenvalue weighted by Crippen LogP contribution is -2.43. The molecule has 4 nitrogen and oxygen atoms in total. The molecule has 1 aromatic carbocycles. The zero-order valence-corrected chi connectivity index (χ0v) is 12.5. The number of nitrogens with zero attached hydrogens (tertiary/aromatic N) is 1. The van der Waals surface area contributed by atoms with Crippen LogP contribution < -0.4 is 0 Å². The second-order valence-electron chi connectivity index (χ2n) is 5.44. The minimum Gasteiger partial charge on any atom is -0.393 e. The highest BCUT2D eigenvalue weighted by Gasteiger charge is 2.33. The van der Waals surface area contributed by atoms with Gasteiger partial charge in [0.05, 0.1) is 6.10 Å². The summed E-state index contributed by atoms with van der Waals surface area (Å²) in [5.74, 6) is -0.809. The van der Waals surface area contributed by atoms with E-state index in [0.717, 1.165) is 6.42 Å². The summed E-state index contributed by atoms with van der Waals surface area (Å²) in [5, 5.41) is 9.63. The number of aliphatic hydroxyl groups is 1. The molecule has 2 rings (SSSR count). The number of halogens is 1. The molecule has 0 radical (unpaired) electrons. The van der Waals surface area contributed by atoms with Crippen LogP contribution in [0.4, 0.5) is 4.39 Å². The van der Waals surface area contributed by atoms with Gasteiger partial charge in [0, 0.05) is 13.1 Å². The lowest BCUT2D eigenvalue weighted by atomic mass is 9.95. The number of aliphatic hydroxyl groups excluding tert-OH is 1. The molecule has 0 aromatic heterocycles. The number of sulfonamides is 1. The molecule has 0 spiro atoms. The number of benzene rings is 1. The van der Waals surface area contributed by atoms with Crippen LogP contribution in [0.5, 0.6) is 0 Å². The van der Waals surface area contributed by atoms with E-state index in [1.165, 1.54) is 16.4 Å². The molecule has 2 unspecified atom stereocenters. The molecule has 2 atom stereocenters. The van der Waals surface area contributed by atoms with Gasteiger partial charge in [0.15, 0.2) is 0 Å². The van der Waals surface area contributed by atoms with Gasteiger partial charge in [-0.1, -0.05) is 6.07 Å². The van der Waals surface area contributed by atoms with E-state index in [1.54, 1.807) is 19.9 Å². The van der Waals surface area contributed by atoms with Crippen molar-refractivity contribution in [2.45, 2.75) is 37.7 Å². The standard InChI is InChI=1S/C14H20FNO3S/c1-10-5-6-14(13(15)8-10)20(18,19)16-7-3-4-12(9-16)11(2)17/h5-6,8,11-12,17H,3-4,7,9H2,1-2H3. The summed E-state index contributed by atoms with van der Waals surface area (Å²) in [6.45, 7) is 3.99. The van der Waals surface area contributed by atoms with Gasteiger partial charge in [-0.2, -0.15) is 4.31 Å². The van der Waals surface area contributed by atoms with E-state index >= 15 is 0 Å². The van der Waals surface area contributed by atoms with Crippen molar-refractivity contribution in [3.8, 4) is 0 Å². The Morgan fingerprint density at radius 1 is 1.45 bits per heavy atom. The van der Waals surface area contributed by atoms with Crippen molar-refractivity contribution in [3.63, 3.8) is 0 Å². The molecule has 6 heteroatoms. The monoisotopic (exact) mass is 301 g/mol. The van der Waals surface area contributed by atoms with Crippen LogP contribution in [0.2, 0.25) is 0 Å². The van der Waals surface area contributed by atoms with Gasteiger partial charge in [-0.3, -0.25) is 0 Å². The van der Waals surface area contributed by atoms with Crippen LogP contribution in [-0.4, -0.2) is 37.0 Å². The minimum atomic E-state index is -3.83. The predicted octanol–water partition coefficient (Wildman–Crippen LogP) is 1.92. The largest absolute Gasteiger partial charge is 0.393 e. The van der Waals surface area contributed by atoms with Crippen molar-refractivity contribution in [3.05, 3.63) is 29.6 Å². The Labute approximate surface area is 119 Å². The highest BCUT2D eigenvalue weighted by atomic mass is 32.2. The van der Waals surface area contributed by atoms with Gasteiger partial charge in [-0.05, 0) is 50.3 Å². The zero-order chi connectivity index (χ0) is 14.9. The fourth-order valence-corrected chi connectivity index (χ4v) is 4.12. The molecule has 1 aliphatic rings. The molecule has 1 N–H and O–H groups in total. The molecule has 0 amide bonds. The van der Waals surface area contributed by atoms with E-state index in [9.17, 15) is 17.9 Å². The van der Waals surface area contributed by atoms with E-state index in [4.69, 9.17) is 0 Å². The van der Waals surface area contributed by atoms with E-state index in [-0.39, 0.29) is 17.4 Å². The van der Waals surface area contributed by atoms with Crippen molar-refractivity contribution in [2.24, 2.45) is 5.92 Å². The highest BCUT2D eigenvalue weighted by molar-refractivity contribution is 7.89. The minimum absolute atomic E-state index is 0.0907. The maximum atomic E-state index is 13.9. The first-order chi connectivity index (χ1) is 9.32. The van der Waals surface area contributed by atoms with Crippen LogP contribution in [0.1, 0.15) is 25.3 Å². The van der Waals surface area contributed by atoms with E-state index in [0.29, 0.717) is 18.5 Å². The summed E-state index contributed by atoms with van der Waals surface area (Å²) < 4.78 is 40.2. The molecule has 1 saturated heterocycles. The molecule has 20 heavy (non-hydrogen) atoms. The normalized spacial score (nSPS) is 22.7. The van der Waals surface area contributed by atoms with Crippen LogP contribution in [0.15, 0.2) is 23.1 Å². The second-order valence-corrected chi connectivity index (χ2v) is 7.35. The zero-order valence-electron chi connectivity index (χ0n) is 11.7. The van der Waals surface area contributed by atoms with E-state index in [2.05, 4.69) is 0 Å². The summed E-state index contributed by atoms with van der Waals surface area (Å²) in [5.41, 5.74) is 0.682. The van der Waals surface area contributed by atoms with Crippen LogP contribution in [-0.2, 0) is 10.0 Å². The molecular weight excluding hydrogens is 281 g/mol. The molecule has 1 heterocycles. The first kappa shape index (κ1) is 15.4. The average Bonchev–Trinajstić information content (AvgIpc) is 2.38. The van der Waals surface area contributed by atoms with Crippen LogP contribution in [0, 0.1) is 18.7 Å². The summed E-state index contributed by atoms with van der Waals surface area (Å²) in [7, 11) is -3.83. The number of rotatable bonds is 3. The smallest absolute Gasteiger partial charge is 0.245 e. The van der Waals surface area contributed by atoms with Gasteiger partial charge < -0.3 is 5.11 Å². The lowest BCUT2D eigenvalue weighted by Gasteiger charge is -2.33. The predicted molar refractivity (Wildman–Crippen MR) is 74.3 cm³/mol. The van der Waals surface area contributed by atoms with Crippen molar-refractivity contribution in [1.82, 2.24) is 4.31 Å². The van der Waals surface area contributed by atoms with Crippen molar-refractivity contribution < 1.29 is 17.9 Å². The molecule has 0 bridgehead atoms. The molecule has 1 aliphatic heterocycles. The van der Waals surface area contributed by atoms with Crippen molar-refractivity contribution in [2.75, 3.05) is 13.1 Å². The summed E-state index contributed by atoms with van der Waals surface area (Å²) >= 11 is 0. The highest BCUT2D eigenvalue weighted by Crippen LogP contribution is 2.27. The molecule has 1 aromatic rings. The maximum Gasteiger partial charge on any atom is 0.245 e. The van der Waals surface area contributed by atoms with Gasteiger partial charge in [-0.15, -0.1) is 0 Å². The number of piperidine rings is 1. The van der Waals surface area contributed by atoms with Gasteiger partial charge >= 0.3 is 0 Å². The first-order valence-electron chi connectivity index (χ1n) is 6.76. The molecule has 0 saturated carbocycles. The van der Waals surface area contributed by atoms with E-state index < -0.39 is 21.9 Å². The van der Waals surface area contributed by atoms with Gasteiger partial charge in [-0.25, -0.2) is 12.8 Å². The Hall–Kier alpha value is -0.980. The quantitative estimate of drug-likeness (QED) is 0.928. The van der Waals surface area contributed by atoms with Crippen molar-refractivity contribution >= 4 is 10.0 Å². The Morgan fingerprint density at radius 3 is 2.75 bits per heavy atom. The fourth-order valence-electron chi connectivity index (χ4n) is 2.54. The number of hydrogen-bond donors (Lipinski definition) is 1. The van der Waals surface area contributed by atoms with Crippen LogP contribution in [0.3, 0.4) is 0 Å². The lowest BCUT2D eigenvalue weighted by molar-refractivity contribution is 0.0885. The van der Waals surface area contributed by atoms with Crippen LogP contribution in [0.25, 0.3) is 0 Å². The SMILES string of the molecule is Cc1ccc(S(=O)(=O)N2CCCC(C(C)O)C2)c(F)c1. The summed E-state index contributed by atoms with van der Waals surface area (Å²) in [6, 6.07) is 4.13. The third-order valence-corrected chi connectivity index (χ3v) is 5.71.